The number of aromatic nitrogens is 3. The topological polar surface area (TPSA) is 89.7 Å². The molecule has 0 saturated carbocycles. The number of nitrogens with zero attached hydrogens (tertiary/aromatic N) is 4. The SMILES string of the molecule is COc1cccc(C2CCN(Cc3nc4ccc(C(=O)O)cc4n3C[C@@H]3CCO3)CC2)n1. The van der Waals surface area contributed by atoms with E-state index in [2.05, 4.69) is 20.5 Å². The molecular formula is C24H28N4O4. The molecule has 1 N–H and O–H groups in total. The summed E-state index contributed by atoms with van der Waals surface area (Å²) in [6.07, 6.45) is 3.27. The van der Waals surface area contributed by atoms with Crippen LogP contribution in [0.4, 0.5) is 0 Å². The number of carboxylic acid groups (broad SMARTS) is 1. The van der Waals surface area contributed by atoms with Gasteiger partial charge in [-0.25, -0.2) is 14.8 Å². The fourth-order valence-electron chi connectivity index (χ4n) is 4.62. The van der Waals surface area contributed by atoms with Gasteiger partial charge in [0, 0.05) is 24.3 Å². The first-order valence-corrected chi connectivity index (χ1v) is 11.2. The Labute approximate surface area is 186 Å². The van der Waals surface area contributed by atoms with E-state index in [0.29, 0.717) is 18.3 Å². The fourth-order valence-corrected chi connectivity index (χ4v) is 4.62. The number of hydrogen-bond acceptors (Lipinski definition) is 6. The zero-order chi connectivity index (χ0) is 22.1. The van der Waals surface area contributed by atoms with Gasteiger partial charge >= 0.3 is 5.97 Å². The van der Waals surface area contributed by atoms with E-state index in [4.69, 9.17) is 14.5 Å². The molecule has 8 heteroatoms. The molecule has 3 aromatic rings. The van der Waals surface area contributed by atoms with E-state index >= 15 is 0 Å². The van der Waals surface area contributed by atoms with Crippen molar-refractivity contribution in [2.24, 2.45) is 0 Å². The van der Waals surface area contributed by atoms with Crippen LogP contribution in [0, 0.1) is 0 Å². The maximum Gasteiger partial charge on any atom is 0.335 e. The van der Waals surface area contributed by atoms with Crippen molar-refractivity contribution in [1.29, 1.82) is 0 Å². The standard InChI is InChI=1S/C24H28N4O4/c1-31-23-4-2-3-19(26-23)16-7-10-27(11-8-16)15-22-25-20-6-5-17(24(29)30)13-21(20)28(22)14-18-9-12-32-18/h2-6,13,16,18H,7-12,14-15H2,1H3,(H,29,30)/t18-/m0/s1. The molecule has 2 aromatic heterocycles. The highest BCUT2D eigenvalue weighted by Crippen LogP contribution is 2.29. The number of pyridine rings is 1. The average molecular weight is 437 g/mol. The van der Waals surface area contributed by atoms with E-state index in [0.717, 1.165) is 68.1 Å². The van der Waals surface area contributed by atoms with Gasteiger partial charge in [0.15, 0.2) is 0 Å². The second-order valence-electron chi connectivity index (χ2n) is 8.58. The monoisotopic (exact) mass is 436 g/mol. The predicted molar refractivity (Wildman–Crippen MR) is 119 cm³/mol. The van der Waals surface area contributed by atoms with Crippen molar-refractivity contribution in [3.8, 4) is 5.88 Å². The third-order valence-electron chi connectivity index (χ3n) is 6.58. The maximum atomic E-state index is 11.5. The number of likely N-dealkylation sites (tertiary alicyclic amines) is 1. The number of carboxylic acids is 1. The molecule has 8 nitrogen and oxygen atoms in total. The molecule has 0 radical (unpaired) electrons. The molecule has 32 heavy (non-hydrogen) atoms. The van der Waals surface area contributed by atoms with Crippen LogP contribution in [0.15, 0.2) is 36.4 Å². The number of benzene rings is 1. The van der Waals surface area contributed by atoms with Gasteiger partial charge in [0.25, 0.3) is 0 Å². The third kappa shape index (κ3) is 4.20. The van der Waals surface area contributed by atoms with Gasteiger partial charge in [0.2, 0.25) is 5.88 Å². The number of ether oxygens (including phenoxy) is 2. The summed E-state index contributed by atoms with van der Waals surface area (Å²) in [5.41, 5.74) is 3.08. The lowest BCUT2D eigenvalue weighted by Gasteiger charge is -2.32. The first kappa shape index (κ1) is 20.9. The Morgan fingerprint density at radius 1 is 1.19 bits per heavy atom. The molecule has 0 unspecified atom stereocenters. The summed E-state index contributed by atoms with van der Waals surface area (Å²) in [5.74, 6) is 1.14. The molecule has 168 valence electrons. The fraction of sp³-hybridized carbons (Fsp3) is 0.458. The highest BCUT2D eigenvalue weighted by atomic mass is 16.5. The van der Waals surface area contributed by atoms with E-state index in [1.807, 2.05) is 12.1 Å². The summed E-state index contributed by atoms with van der Waals surface area (Å²) in [5, 5.41) is 9.42. The Balaban J connectivity index is 1.33. The van der Waals surface area contributed by atoms with Gasteiger partial charge in [0.05, 0.1) is 42.9 Å². The molecule has 1 atom stereocenters. The summed E-state index contributed by atoms with van der Waals surface area (Å²) < 4.78 is 13.1. The van der Waals surface area contributed by atoms with Crippen molar-refractivity contribution in [2.45, 2.75) is 44.4 Å². The van der Waals surface area contributed by atoms with Crippen LogP contribution in [-0.4, -0.2) is 63.4 Å². The smallest absolute Gasteiger partial charge is 0.335 e. The van der Waals surface area contributed by atoms with Crippen LogP contribution in [-0.2, 0) is 17.8 Å². The molecule has 0 bridgehead atoms. The Morgan fingerprint density at radius 3 is 2.69 bits per heavy atom. The molecule has 2 fully saturated rings. The van der Waals surface area contributed by atoms with Crippen molar-refractivity contribution in [1.82, 2.24) is 19.4 Å². The van der Waals surface area contributed by atoms with Crippen molar-refractivity contribution in [2.75, 3.05) is 26.8 Å². The average Bonchev–Trinajstić information content (AvgIpc) is 3.12. The molecule has 0 spiro atoms. The second-order valence-corrected chi connectivity index (χ2v) is 8.58. The number of fused-ring (bicyclic) bond motifs is 1. The summed E-state index contributed by atoms with van der Waals surface area (Å²) in [4.78, 5) is 23.4. The molecule has 2 saturated heterocycles. The second kappa shape index (κ2) is 8.88. The lowest BCUT2D eigenvalue weighted by Crippen LogP contribution is -2.35. The normalized spacial score (nSPS) is 19.7. The Bertz CT molecular complexity index is 1120. The highest BCUT2D eigenvalue weighted by molar-refractivity contribution is 5.92. The summed E-state index contributed by atoms with van der Waals surface area (Å²) in [6.45, 7) is 4.17. The van der Waals surface area contributed by atoms with Gasteiger partial charge in [-0.3, -0.25) is 4.90 Å². The number of piperidine rings is 1. The molecule has 4 heterocycles. The Morgan fingerprint density at radius 2 is 2.00 bits per heavy atom. The van der Waals surface area contributed by atoms with Gasteiger partial charge < -0.3 is 19.1 Å². The lowest BCUT2D eigenvalue weighted by atomic mass is 9.93. The van der Waals surface area contributed by atoms with Crippen LogP contribution < -0.4 is 4.74 Å². The van der Waals surface area contributed by atoms with Crippen LogP contribution in [0.1, 0.15) is 47.1 Å². The molecule has 5 rings (SSSR count). The number of imidazole rings is 1. The van der Waals surface area contributed by atoms with E-state index in [1.54, 1.807) is 25.3 Å². The van der Waals surface area contributed by atoms with Crippen LogP contribution >= 0.6 is 0 Å². The number of carbonyl (C=O) groups is 1. The van der Waals surface area contributed by atoms with Crippen molar-refractivity contribution >= 4 is 17.0 Å². The Hall–Kier alpha value is -2.97. The number of aromatic carboxylic acids is 1. The zero-order valence-electron chi connectivity index (χ0n) is 18.2. The summed E-state index contributed by atoms with van der Waals surface area (Å²) >= 11 is 0. The first-order valence-electron chi connectivity index (χ1n) is 11.2. The maximum absolute atomic E-state index is 11.5. The van der Waals surface area contributed by atoms with Gasteiger partial charge in [-0.15, -0.1) is 0 Å². The molecule has 0 amide bonds. The van der Waals surface area contributed by atoms with E-state index in [9.17, 15) is 9.90 Å². The molecule has 0 aliphatic carbocycles. The number of rotatable bonds is 7. The van der Waals surface area contributed by atoms with E-state index in [-0.39, 0.29) is 11.7 Å². The molecule has 1 aromatic carbocycles. The van der Waals surface area contributed by atoms with Crippen molar-refractivity contribution < 1.29 is 19.4 Å². The quantitative estimate of drug-likeness (QED) is 0.608. The van der Waals surface area contributed by atoms with Crippen molar-refractivity contribution in [3.63, 3.8) is 0 Å². The lowest BCUT2D eigenvalue weighted by molar-refractivity contribution is -0.0592. The van der Waals surface area contributed by atoms with Crippen LogP contribution in [0.2, 0.25) is 0 Å². The zero-order valence-corrected chi connectivity index (χ0v) is 18.2. The van der Waals surface area contributed by atoms with Crippen LogP contribution in [0.25, 0.3) is 11.0 Å². The van der Waals surface area contributed by atoms with Crippen LogP contribution in [0.3, 0.4) is 0 Å². The minimum atomic E-state index is -0.922. The minimum Gasteiger partial charge on any atom is -0.481 e. The molecular weight excluding hydrogens is 408 g/mol. The third-order valence-corrected chi connectivity index (χ3v) is 6.58. The molecule has 2 aliphatic rings. The van der Waals surface area contributed by atoms with Gasteiger partial charge in [-0.2, -0.15) is 0 Å². The van der Waals surface area contributed by atoms with Gasteiger partial charge in [-0.1, -0.05) is 6.07 Å². The van der Waals surface area contributed by atoms with E-state index in [1.165, 1.54) is 0 Å². The van der Waals surface area contributed by atoms with Gasteiger partial charge in [0.1, 0.15) is 5.82 Å². The molecule has 2 aliphatic heterocycles. The first-order chi connectivity index (χ1) is 15.6. The Kier molecular flexibility index (Phi) is 5.80. The predicted octanol–water partition coefficient (Wildman–Crippen LogP) is 3.31. The van der Waals surface area contributed by atoms with E-state index < -0.39 is 5.97 Å². The van der Waals surface area contributed by atoms with Gasteiger partial charge in [-0.05, 0) is 56.6 Å². The minimum absolute atomic E-state index is 0.171. The largest absolute Gasteiger partial charge is 0.481 e. The summed E-state index contributed by atoms with van der Waals surface area (Å²) in [6, 6.07) is 11.1. The van der Waals surface area contributed by atoms with Crippen LogP contribution in [0.5, 0.6) is 5.88 Å². The highest BCUT2D eigenvalue weighted by Gasteiger charge is 2.26. The van der Waals surface area contributed by atoms with Crippen molar-refractivity contribution in [3.05, 3.63) is 53.5 Å². The number of methoxy groups -OCH3 is 1. The summed E-state index contributed by atoms with van der Waals surface area (Å²) in [7, 11) is 1.65. The number of hydrogen-bond donors (Lipinski definition) is 1.